The molecule has 1 fully saturated rings. The molecule has 8 nitrogen and oxygen atoms in total. The number of carbonyl (C=O) groups is 2. The first-order valence-electron chi connectivity index (χ1n) is 8.21. The SMILES string of the molecule is COC(=O)Nc1ccc(NC(=O)c2cc(N3CCOCC3)ccn2)cc1. The molecule has 0 spiro atoms. The third-order valence-electron chi connectivity index (χ3n) is 3.93. The highest BCUT2D eigenvalue weighted by atomic mass is 16.5. The van der Waals surface area contributed by atoms with E-state index in [0.29, 0.717) is 30.3 Å². The van der Waals surface area contributed by atoms with Crippen LogP contribution in [0, 0.1) is 0 Å². The zero-order chi connectivity index (χ0) is 18.4. The molecule has 1 aliphatic rings. The second-order valence-corrected chi connectivity index (χ2v) is 5.65. The maximum Gasteiger partial charge on any atom is 0.411 e. The normalized spacial score (nSPS) is 13.8. The molecule has 2 aromatic rings. The summed E-state index contributed by atoms with van der Waals surface area (Å²) in [5.74, 6) is -0.297. The number of methoxy groups -OCH3 is 1. The van der Waals surface area contributed by atoms with E-state index in [2.05, 4.69) is 25.3 Å². The smallest absolute Gasteiger partial charge is 0.411 e. The largest absolute Gasteiger partial charge is 0.453 e. The quantitative estimate of drug-likeness (QED) is 0.874. The van der Waals surface area contributed by atoms with Crippen LogP contribution in [0.4, 0.5) is 21.9 Å². The first-order chi connectivity index (χ1) is 12.7. The number of hydrogen-bond acceptors (Lipinski definition) is 6. The van der Waals surface area contributed by atoms with Gasteiger partial charge in [0, 0.05) is 36.3 Å². The fraction of sp³-hybridized carbons (Fsp3) is 0.278. The van der Waals surface area contributed by atoms with E-state index in [0.717, 1.165) is 18.8 Å². The van der Waals surface area contributed by atoms with Gasteiger partial charge in [0.25, 0.3) is 5.91 Å². The van der Waals surface area contributed by atoms with Crippen molar-refractivity contribution in [3.05, 3.63) is 48.3 Å². The van der Waals surface area contributed by atoms with E-state index < -0.39 is 6.09 Å². The van der Waals surface area contributed by atoms with E-state index in [-0.39, 0.29) is 5.91 Å². The predicted octanol–water partition coefficient (Wildman–Crippen LogP) is 2.35. The van der Waals surface area contributed by atoms with Crippen LogP contribution in [0.25, 0.3) is 0 Å². The van der Waals surface area contributed by atoms with Crippen LogP contribution in [0.2, 0.25) is 0 Å². The molecule has 3 rings (SSSR count). The molecule has 2 heterocycles. The van der Waals surface area contributed by atoms with Gasteiger partial charge in [-0.05, 0) is 36.4 Å². The zero-order valence-corrected chi connectivity index (χ0v) is 14.4. The minimum Gasteiger partial charge on any atom is -0.453 e. The van der Waals surface area contributed by atoms with E-state index >= 15 is 0 Å². The minimum atomic E-state index is -0.550. The Morgan fingerprint density at radius 3 is 2.38 bits per heavy atom. The van der Waals surface area contributed by atoms with E-state index in [1.807, 2.05) is 6.07 Å². The van der Waals surface area contributed by atoms with Crippen molar-refractivity contribution in [2.45, 2.75) is 0 Å². The minimum absolute atomic E-state index is 0.297. The molecule has 1 saturated heterocycles. The Bertz CT molecular complexity index is 773. The van der Waals surface area contributed by atoms with Gasteiger partial charge in [0.05, 0.1) is 20.3 Å². The van der Waals surface area contributed by atoms with Gasteiger partial charge in [0.2, 0.25) is 0 Å². The van der Waals surface area contributed by atoms with E-state index in [9.17, 15) is 9.59 Å². The summed E-state index contributed by atoms with van der Waals surface area (Å²) in [5, 5.41) is 5.34. The maximum absolute atomic E-state index is 12.5. The molecule has 136 valence electrons. The summed E-state index contributed by atoms with van der Waals surface area (Å²) in [5.41, 5.74) is 2.46. The van der Waals surface area contributed by atoms with Gasteiger partial charge in [-0.15, -0.1) is 0 Å². The van der Waals surface area contributed by atoms with Gasteiger partial charge in [-0.1, -0.05) is 0 Å². The molecule has 0 unspecified atom stereocenters. The molecule has 1 aliphatic heterocycles. The van der Waals surface area contributed by atoms with Crippen molar-refractivity contribution in [1.29, 1.82) is 0 Å². The van der Waals surface area contributed by atoms with Crippen molar-refractivity contribution < 1.29 is 19.1 Å². The number of benzene rings is 1. The Balaban J connectivity index is 1.65. The van der Waals surface area contributed by atoms with Gasteiger partial charge in [-0.25, -0.2) is 4.79 Å². The Morgan fingerprint density at radius 2 is 1.73 bits per heavy atom. The fourth-order valence-electron chi connectivity index (χ4n) is 2.56. The third-order valence-corrected chi connectivity index (χ3v) is 3.93. The van der Waals surface area contributed by atoms with Gasteiger partial charge in [0.15, 0.2) is 0 Å². The van der Waals surface area contributed by atoms with E-state index in [1.165, 1.54) is 7.11 Å². The maximum atomic E-state index is 12.5. The van der Waals surface area contributed by atoms with Crippen LogP contribution in [0.15, 0.2) is 42.6 Å². The molecule has 0 aliphatic carbocycles. The lowest BCUT2D eigenvalue weighted by atomic mass is 10.2. The van der Waals surface area contributed by atoms with Crippen LogP contribution < -0.4 is 15.5 Å². The van der Waals surface area contributed by atoms with Crippen LogP contribution in [0.5, 0.6) is 0 Å². The van der Waals surface area contributed by atoms with Crippen LogP contribution >= 0.6 is 0 Å². The zero-order valence-electron chi connectivity index (χ0n) is 14.4. The fourth-order valence-corrected chi connectivity index (χ4v) is 2.56. The van der Waals surface area contributed by atoms with Crippen LogP contribution in [0.3, 0.4) is 0 Å². The summed E-state index contributed by atoms with van der Waals surface area (Å²) in [4.78, 5) is 29.9. The van der Waals surface area contributed by atoms with Crippen LogP contribution in [-0.4, -0.2) is 50.4 Å². The van der Waals surface area contributed by atoms with E-state index in [1.54, 1.807) is 36.5 Å². The molecule has 0 bridgehead atoms. The lowest BCUT2D eigenvalue weighted by molar-refractivity contribution is 0.102. The summed E-state index contributed by atoms with van der Waals surface area (Å²) < 4.78 is 9.88. The average Bonchev–Trinajstić information content (AvgIpc) is 2.70. The first kappa shape index (κ1) is 17.7. The predicted molar refractivity (Wildman–Crippen MR) is 97.7 cm³/mol. The number of carbonyl (C=O) groups excluding carboxylic acids is 2. The monoisotopic (exact) mass is 356 g/mol. The highest BCUT2D eigenvalue weighted by Gasteiger charge is 2.14. The summed E-state index contributed by atoms with van der Waals surface area (Å²) in [6.45, 7) is 2.94. The van der Waals surface area contributed by atoms with Crippen molar-refractivity contribution in [3.8, 4) is 0 Å². The molecule has 0 atom stereocenters. The molecule has 1 aromatic heterocycles. The van der Waals surface area contributed by atoms with Gasteiger partial charge < -0.3 is 19.7 Å². The Hall–Kier alpha value is -3.13. The molecule has 26 heavy (non-hydrogen) atoms. The molecule has 2 amide bonds. The highest BCUT2D eigenvalue weighted by Crippen LogP contribution is 2.18. The Kier molecular flexibility index (Phi) is 5.65. The number of aromatic nitrogens is 1. The summed E-state index contributed by atoms with van der Waals surface area (Å²) in [6.07, 6.45) is 1.08. The number of anilines is 3. The number of morpholine rings is 1. The number of ether oxygens (including phenoxy) is 2. The van der Waals surface area contributed by atoms with Crippen molar-refractivity contribution >= 4 is 29.1 Å². The molecule has 0 radical (unpaired) electrons. The van der Waals surface area contributed by atoms with Crippen molar-refractivity contribution in [2.24, 2.45) is 0 Å². The second kappa shape index (κ2) is 8.30. The van der Waals surface area contributed by atoms with Gasteiger partial charge in [-0.3, -0.25) is 15.1 Å². The van der Waals surface area contributed by atoms with E-state index in [4.69, 9.17) is 4.74 Å². The molecular weight excluding hydrogens is 336 g/mol. The number of nitrogens with one attached hydrogen (secondary N) is 2. The van der Waals surface area contributed by atoms with Crippen molar-refractivity contribution in [3.63, 3.8) is 0 Å². The number of pyridine rings is 1. The number of nitrogens with zero attached hydrogens (tertiary/aromatic N) is 2. The number of amides is 2. The van der Waals surface area contributed by atoms with Gasteiger partial charge in [-0.2, -0.15) is 0 Å². The molecule has 8 heteroatoms. The number of rotatable bonds is 4. The summed E-state index contributed by atoms with van der Waals surface area (Å²) >= 11 is 0. The highest BCUT2D eigenvalue weighted by molar-refractivity contribution is 6.03. The molecular formula is C18H20N4O4. The molecule has 1 aromatic carbocycles. The summed E-state index contributed by atoms with van der Waals surface area (Å²) in [6, 6.07) is 10.4. The lowest BCUT2D eigenvalue weighted by Crippen LogP contribution is -2.36. The van der Waals surface area contributed by atoms with Crippen LogP contribution in [0.1, 0.15) is 10.5 Å². The van der Waals surface area contributed by atoms with Crippen molar-refractivity contribution in [1.82, 2.24) is 4.98 Å². The Labute approximate surface area is 151 Å². The molecule has 0 saturated carbocycles. The second-order valence-electron chi connectivity index (χ2n) is 5.65. The standard InChI is InChI=1S/C18H20N4O4/c1-25-18(24)21-14-4-2-13(3-5-14)20-17(23)16-12-15(6-7-19-16)22-8-10-26-11-9-22/h2-7,12H,8-11H2,1H3,(H,20,23)(H,21,24). The third kappa shape index (κ3) is 4.48. The van der Waals surface area contributed by atoms with Crippen LogP contribution in [-0.2, 0) is 9.47 Å². The van der Waals surface area contributed by atoms with Crippen molar-refractivity contribution in [2.75, 3.05) is 48.9 Å². The molecule has 2 N–H and O–H groups in total. The van der Waals surface area contributed by atoms with Gasteiger partial charge in [0.1, 0.15) is 5.69 Å². The summed E-state index contributed by atoms with van der Waals surface area (Å²) in [7, 11) is 1.29. The first-order valence-corrected chi connectivity index (χ1v) is 8.21. The van der Waals surface area contributed by atoms with Gasteiger partial charge >= 0.3 is 6.09 Å². The lowest BCUT2D eigenvalue weighted by Gasteiger charge is -2.28. The number of hydrogen-bond donors (Lipinski definition) is 2. The Morgan fingerprint density at radius 1 is 1.08 bits per heavy atom. The topological polar surface area (TPSA) is 92.8 Å². The average molecular weight is 356 g/mol.